The normalized spacial score (nSPS) is 20.2. The molecule has 3 heterocycles. The van der Waals surface area contributed by atoms with Crippen LogP contribution < -0.4 is 10.1 Å². The number of pyridine rings is 1. The van der Waals surface area contributed by atoms with Crippen molar-refractivity contribution in [1.82, 2.24) is 14.8 Å². The second-order valence-electron chi connectivity index (χ2n) is 5.83. The van der Waals surface area contributed by atoms with Gasteiger partial charge in [0.2, 0.25) is 5.88 Å². The summed E-state index contributed by atoms with van der Waals surface area (Å²) in [6.07, 6.45) is 4.73. The van der Waals surface area contributed by atoms with Crippen LogP contribution in [0.25, 0.3) is 0 Å². The van der Waals surface area contributed by atoms with Gasteiger partial charge in [-0.05, 0) is 18.6 Å². The van der Waals surface area contributed by atoms with E-state index in [4.69, 9.17) is 14.2 Å². The van der Waals surface area contributed by atoms with Gasteiger partial charge in [-0.15, -0.1) is 0 Å². The number of hydrogen-bond acceptors (Lipinski definition) is 6. The van der Waals surface area contributed by atoms with Gasteiger partial charge >= 0.3 is 0 Å². The Hall–Kier alpha value is -2.12. The lowest BCUT2D eigenvalue weighted by molar-refractivity contribution is 0.0866. The van der Waals surface area contributed by atoms with Gasteiger partial charge in [-0.25, -0.2) is 4.98 Å². The first-order valence-electron chi connectivity index (χ1n) is 8.19. The lowest BCUT2D eigenvalue weighted by Crippen LogP contribution is -2.19. The molecular formula is C17H24N4O3. The summed E-state index contributed by atoms with van der Waals surface area (Å²) < 4.78 is 18.2. The molecule has 1 N–H and O–H groups in total. The number of methoxy groups -OCH3 is 1. The van der Waals surface area contributed by atoms with E-state index in [-0.39, 0.29) is 6.10 Å². The molecule has 1 fully saturated rings. The molecule has 1 aliphatic heterocycles. The van der Waals surface area contributed by atoms with E-state index in [1.54, 1.807) is 13.3 Å². The maximum Gasteiger partial charge on any atom is 0.213 e. The lowest BCUT2D eigenvalue weighted by atomic mass is 9.99. The Morgan fingerprint density at radius 2 is 2.25 bits per heavy atom. The first-order chi connectivity index (χ1) is 11.8. The summed E-state index contributed by atoms with van der Waals surface area (Å²) in [6.45, 7) is 2.68. The molecule has 24 heavy (non-hydrogen) atoms. The summed E-state index contributed by atoms with van der Waals surface area (Å²) in [6, 6.07) is 5.86. The number of hydrogen-bond donors (Lipinski definition) is 1. The van der Waals surface area contributed by atoms with Crippen molar-refractivity contribution in [3.05, 3.63) is 36.3 Å². The number of anilines is 1. The number of aryl methyl sites for hydroxylation is 1. The fourth-order valence-electron chi connectivity index (χ4n) is 2.88. The molecule has 7 heteroatoms. The standard InChI is InChI=1S/C17H24N4O3/c1-21-15(5-7-20-21)17-13(6-8-24-17)11-18-14-3-4-16(19-12-14)23-10-9-22-2/h3-5,7,12-13,17-18H,6,8-11H2,1-2H3/t13-,17+/m0/s1. The Kier molecular flexibility index (Phi) is 5.66. The highest BCUT2D eigenvalue weighted by atomic mass is 16.5. The summed E-state index contributed by atoms with van der Waals surface area (Å²) in [5, 5.41) is 7.68. The van der Waals surface area contributed by atoms with Crippen LogP contribution >= 0.6 is 0 Å². The number of nitrogens with one attached hydrogen (secondary N) is 1. The maximum atomic E-state index is 5.90. The van der Waals surface area contributed by atoms with Gasteiger partial charge in [-0.3, -0.25) is 4.68 Å². The third-order valence-electron chi connectivity index (χ3n) is 4.21. The van der Waals surface area contributed by atoms with E-state index in [1.165, 1.54) is 0 Å². The van der Waals surface area contributed by atoms with Gasteiger partial charge in [-0.1, -0.05) is 0 Å². The van der Waals surface area contributed by atoms with Gasteiger partial charge in [0.15, 0.2) is 0 Å². The van der Waals surface area contributed by atoms with Crippen LogP contribution in [-0.4, -0.2) is 48.2 Å². The zero-order valence-corrected chi connectivity index (χ0v) is 14.1. The molecular weight excluding hydrogens is 308 g/mol. The number of aromatic nitrogens is 3. The zero-order valence-electron chi connectivity index (χ0n) is 14.1. The molecule has 0 spiro atoms. The molecule has 2 aromatic heterocycles. The second kappa shape index (κ2) is 8.12. The third-order valence-corrected chi connectivity index (χ3v) is 4.21. The first kappa shape index (κ1) is 16.7. The topological polar surface area (TPSA) is 70.4 Å². The van der Waals surface area contributed by atoms with E-state index in [0.29, 0.717) is 25.0 Å². The minimum Gasteiger partial charge on any atom is -0.475 e. The lowest BCUT2D eigenvalue weighted by Gasteiger charge is -2.19. The van der Waals surface area contributed by atoms with Crippen molar-refractivity contribution in [3.8, 4) is 5.88 Å². The Balaban J connectivity index is 1.52. The average Bonchev–Trinajstić information content (AvgIpc) is 3.22. The molecule has 3 rings (SSSR count). The monoisotopic (exact) mass is 332 g/mol. The smallest absolute Gasteiger partial charge is 0.213 e. The van der Waals surface area contributed by atoms with Crippen LogP contribution in [0.3, 0.4) is 0 Å². The van der Waals surface area contributed by atoms with Crippen molar-refractivity contribution < 1.29 is 14.2 Å². The summed E-state index contributed by atoms with van der Waals surface area (Å²) in [5.74, 6) is 1.02. The van der Waals surface area contributed by atoms with Crippen molar-refractivity contribution >= 4 is 5.69 Å². The highest BCUT2D eigenvalue weighted by Crippen LogP contribution is 2.34. The zero-order chi connectivity index (χ0) is 16.8. The van der Waals surface area contributed by atoms with E-state index in [9.17, 15) is 0 Å². The highest BCUT2D eigenvalue weighted by Gasteiger charge is 2.31. The Bertz CT molecular complexity index is 629. The largest absolute Gasteiger partial charge is 0.475 e. The van der Waals surface area contributed by atoms with Crippen LogP contribution in [-0.2, 0) is 16.5 Å². The summed E-state index contributed by atoms with van der Waals surface area (Å²) in [4.78, 5) is 4.29. The predicted octanol–water partition coefficient (Wildman–Crippen LogP) is 2.03. The highest BCUT2D eigenvalue weighted by molar-refractivity contribution is 5.42. The number of ether oxygens (including phenoxy) is 3. The van der Waals surface area contributed by atoms with Crippen LogP contribution in [0.2, 0.25) is 0 Å². The van der Waals surface area contributed by atoms with Gasteiger partial charge in [0.05, 0.1) is 24.2 Å². The molecule has 0 bridgehead atoms. The van der Waals surface area contributed by atoms with Crippen molar-refractivity contribution in [2.75, 3.05) is 38.8 Å². The minimum atomic E-state index is 0.0922. The molecule has 2 aromatic rings. The predicted molar refractivity (Wildman–Crippen MR) is 90.1 cm³/mol. The Morgan fingerprint density at radius 1 is 1.33 bits per heavy atom. The van der Waals surface area contributed by atoms with Crippen molar-refractivity contribution in [3.63, 3.8) is 0 Å². The molecule has 0 amide bonds. The molecule has 1 aliphatic rings. The minimum absolute atomic E-state index is 0.0922. The molecule has 130 valence electrons. The molecule has 2 atom stereocenters. The maximum absolute atomic E-state index is 5.90. The van der Waals surface area contributed by atoms with Gasteiger partial charge in [0, 0.05) is 45.5 Å². The molecule has 0 radical (unpaired) electrons. The molecule has 0 aromatic carbocycles. The van der Waals surface area contributed by atoms with Crippen LogP contribution in [0.4, 0.5) is 5.69 Å². The van der Waals surface area contributed by atoms with E-state index in [2.05, 4.69) is 15.4 Å². The fraction of sp³-hybridized carbons (Fsp3) is 0.529. The molecule has 7 nitrogen and oxygen atoms in total. The second-order valence-corrected chi connectivity index (χ2v) is 5.83. The molecule has 1 saturated heterocycles. The van der Waals surface area contributed by atoms with Crippen molar-refractivity contribution in [2.45, 2.75) is 12.5 Å². The van der Waals surface area contributed by atoms with E-state index >= 15 is 0 Å². The van der Waals surface area contributed by atoms with E-state index in [1.807, 2.05) is 36.1 Å². The fourth-order valence-corrected chi connectivity index (χ4v) is 2.88. The van der Waals surface area contributed by atoms with Gasteiger partial charge in [-0.2, -0.15) is 5.10 Å². The summed E-state index contributed by atoms with van der Waals surface area (Å²) in [7, 11) is 3.60. The average molecular weight is 332 g/mol. The van der Waals surface area contributed by atoms with Crippen LogP contribution in [0.15, 0.2) is 30.6 Å². The van der Waals surface area contributed by atoms with Crippen LogP contribution in [0, 0.1) is 5.92 Å². The Morgan fingerprint density at radius 3 is 2.96 bits per heavy atom. The summed E-state index contributed by atoms with van der Waals surface area (Å²) in [5.41, 5.74) is 2.10. The quantitative estimate of drug-likeness (QED) is 0.746. The SMILES string of the molecule is COCCOc1ccc(NC[C@@H]2CCO[C@H]2c2ccnn2C)cn1. The van der Waals surface area contributed by atoms with Crippen molar-refractivity contribution in [2.24, 2.45) is 13.0 Å². The van der Waals surface area contributed by atoms with Gasteiger partial charge in [0.25, 0.3) is 0 Å². The first-order valence-corrected chi connectivity index (χ1v) is 8.19. The van der Waals surface area contributed by atoms with Crippen LogP contribution in [0.1, 0.15) is 18.2 Å². The molecule has 0 unspecified atom stereocenters. The molecule has 0 saturated carbocycles. The van der Waals surface area contributed by atoms with Crippen LogP contribution in [0.5, 0.6) is 5.88 Å². The number of rotatable bonds is 8. The Labute approximate surface area is 141 Å². The number of nitrogens with zero attached hydrogens (tertiary/aromatic N) is 3. The molecule has 0 aliphatic carbocycles. The van der Waals surface area contributed by atoms with E-state index in [0.717, 1.165) is 31.0 Å². The summed E-state index contributed by atoms with van der Waals surface area (Å²) >= 11 is 0. The van der Waals surface area contributed by atoms with Crippen molar-refractivity contribution in [1.29, 1.82) is 0 Å². The van der Waals surface area contributed by atoms with Gasteiger partial charge in [0.1, 0.15) is 12.7 Å². The van der Waals surface area contributed by atoms with E-state index < -0.39 is 0 Å². The third kappa shape index (κ3) is 4.04. The van der Waals surface area contributed by atoms with Gasteiger partial charge < -0.3 is 19.5 Å².